The van der Waals surface area contributed by atoms with Gasteiger partial charge in [0.15, 0.2) is 0 Å². The number of aliphatic carboxylic acids is 1. The van der Waals surface area contributed by atoms with Crippen LogP contribution in [0.4, 0.5) is 0 Å². The molecule has 8 nitrogen and oxygen atoms in total. The highest BCUT2D eigenvalue weighted by Crippen LogP contribution is 2.20. The van der Waals surface area contributed by atoms with Crippen LogP contribution in [0.5, 0.6) is 5.75 Å². The number of nitrogens with one attached hydrogen (secondary N) is 1. The van der Waals surface area contributed by atoms with E-state index in [0.29, 0.717) is 12.4 Å². The summed E-state index contributed by atoms with van der Waals surface area (Å²) in [5, 5.41) is 20.6. The summed E-state index contributed by atoms with van der Waals surface area (Å²) in [6, 6.07) is 11.3. The van der Waals surface area contributed by atoms with E-state index in [4.69, 9.17) is 9.84 Å². The molecule has 3 heterocycles. The number of carboxylic acids is 1. The van der Waals surface area contributed by atoms with E-state index in [9.17, 15) is 4.79 Å². The smallest absolute Gasteiger partial charge is 0.325 e. The third kappa shape index (κ3) is 3.25. The maximum atomic E-state index is 10.8. The Morgan fingerprint density at radius 1 is 1.19 bits per heavy atom. The van der Waals surface area contributed by atoms with Gasteiger partial charge in [-0.15, -0.1) is 0 Å². The Kier molecular flexibility index (Phi) is 4.06. The van der Waals surface area contributed by atoms with Crippen molar-refractivity contribution in [2.45, 2.75) is 13.2 Å². The number of rotatable bonds is 6. The van der Waals surface area contributed by atoms with Gasteiger partial charge in [-0.1, -0.05) is 6.07 Å². The van der Waals surface area contributed by atoms with E-state index in [0.717, 1.165) is 27.9 Å². The normalized spacial score (nSPS) is 10.9. The number of carbonyl (C=O) groups is 1. The maximum absolute atomic E-state index is 10.8. The number of pyridine rings is 1. The Morgan fingerprint density at radius 2 is 2.12 bits per heavy atom. The maximum Gasteiger partial charge on any atom is 0.325 e. The van der Waals surface area contributed by atoms with Crippen LogP contribution in [0.25, 0.3) is 22.3 Å². The van der Waals surface area contributed by atoms with Crippen molar-refractivity contribution in [2.75, 3.05) is 0 Å². The molecule has 0 bridgehead atoms. The molecular formula is C18H15N5O3. The standard InChI is InChI=1S/C18H15N5O3/c24-18(25)10-23-17-4-1-12(7-13(17)8-21-23)11-26-14-2-3-15(19-9-14)16-5-6-20-22-16/h1-9H,10-11H2,(H,20,22)(H,24,25). The van der Waals surface area contributed by atoms with Crippen LogP contribution in [0.15, 0.2) is 55.0 Å². The topological polar surface area (TPSA) is 106 Å². The van der Waals surface area contributed by atoms with Gasteiger partial charge in [0.1, 0.15) is 18.9 Å². The molecule has 130 valence electrons. The largest absolute Gasteiger partial charge is 0.487 e. The van der Waals surface area contributed by atoms with E-state index in [1.165, 1.54) is 4.68 Å². The van der Waals surface area contributed by atoms with Crippen LogP contribution in [0.1, 0.15) is 5.56 Å². The lowest BCUT2D eigenvalue weighted by Crippen LogP contribution is -2.09. The van der Waals surface area contributed by atoms with Crippen molar-refractivity contribution >= 4 is 16.9 Å². The molecule has 0 radical (unpaired) electrons. The third-order valence-corrected chi connectivity index (χ3v) is 3.91. The second-order valence-corrected chi connectivity index (χ2v) is 5.73. The van der Waals surface area contributed by atoms with E-state index >= 15 is 0 Å². The average Bonchev–Trinajstić information content (AvgIpc) is 3.30. The fraction of sp³-hybridized carbons (Fsp3) is 0.111. The third-order valence-electron chi connectivity index (χ3n) is 3.91. The summed E-state index contributed by atoms with van der Waals surface area (Å²) in [5.74, 6) is -0.261. The van der Waals surface area contributed by atoms with Crippen molar-refractivity contribution in [2.24, 2.45) is 0 Å². The van der Waals surface area contributed by atoms with Gasteiger partial charge < -0.3 is 9.84 Å². The molecule has 0 aliphatic heterocycles. The zero-order chi connectivity index (χ0) is 17.9. The molecule has 26 heavy (non-hydrogen) atoms. The molecule has 4 aromatic rings. The molecule has 4 rings (SSSR count). The molecule has 0 saturated carbocycles. The predicted molar refractivity (Wildman–Crippen MR) is 93.5 cm³/mol. The summed E-state index contributed by atoms with van der Waals surface area (Å²) >= 11 is 0. The van der Waals surface area contributed by atoms with Gasteiger partial charge in [0.2, 0.25) is 0 Å². The second kappa shape index (κ2) is 6.67. The van der Waals surface area contributed by atoms with Gasteiger partial charge in [-0.3, -0.25) is 19.6 Å². The molecule has 2 N–H and O–H groups in total. The first-order valence-corrected chi connectivity index (χ1v) is 7.94. The summed E-state index contributed by atoms with van der Waals surface area (Å²) < 4.78 is 7.23. The second-order valence-electron chi connectivity index (χ2n) is 5.73. The van der Waals surface area contributed by atoms with Crippen molar-refractivity contribution in [3.63, 3.8) is 0 Å². The molecule has 0 unspecified atom stereocenters. The Labute approximate surface area is 148 Å². The van der Waals surface area contributed by atoms with Crippen LogP contribution in [0.3, 0.4) is 0 Å². The summed E-state index contributed by atoms with van der Waals surface area (Å²) in [6.07, 6.45) is 5.00. The molecule has 0 aliphatic rings. The number of H-pyrrole nitrogens is 1. The minimum atomic E-state index is -0.923. The minimum absolute atomic E-state index is 0.159. The molecule has 0 spiro atoms. The van der Waals surface area contributed by atoms with Crippen molar-refractivity contribution in [3.8, 4) is 17.1 Å². The Balaban J connectivity index is 1.45. The number of carboxylic acid groups (broad SMARTS) is 1. The van der Waals surface area contributed by atoms with E-state index in [1.54, 1.807) is 18.6 Å². The van der Waals surface area contributed by atoms with Gasteiger partial charge in [0, 0.05) is 11.6 Å². The van der Waals surface area contributed by atoms with Gasteiger partial charge in [0.25, 0.3) is 0 Å². The van der Waals surface area contributed by atoms with Crippen LogP contribution in [-0.2, 0) is 17.9 Å². The first-order valence-electron chi connectivity index (χ1n) is 7.94. The monoisotopic (exact) mass is 349 g/mol. The van der Waals surface area contributed by atoms with Crippen LogP contribution in [-0.4, -0.2) is 36.0 Å². The SMILES string of the molecule is O=C(O)Cn1ncc2cc(COc3ccc(-c4ccn[nH]4)nc3)ccc21. The highest BCUT2D eigenvalue weighted by atomic mass is 16.5. The predicted octanol–water partition coefficient (Wildman–Crippen LogP) is 2.49. The van der Waals surface area contributed by atoms with Gasteiger partial charge in [-0.25, -0.2) is 0 Å². The lowest BCUT2D eigenvalue weighted by Gasteiger charge is -2.07. The first kappa shape index (κ1) is 15.8. The Bertz CT molecular complexity index is 1040. The summed E-state index contributed by atoms with van der Waals surface area (Å²) in [6.45, 7) is 0.221. The van der Waals surface area contributed by atoms with Crippen LogP contribution in [0, 0.1) is 0 Å². The summed E-state index contributed by atoms with van der Waals surface area (Å²) in [7, 11) is 0. The van der Waals surface area contributed by atoms with Crippen molar-refractivity contribution in [1.82, 2.24) is 25.0 Å². The number of nitrogens with zero attached hydrogens (tertiary/aromatic N) is 4. The zero-order valence-electron chi connectivity index (χ0n) is 13.7. The van der Waals surface area contributed by atoms with E-state index in [1.807, 2.05) is 36.4 Å². The first-order chi connectivity index (χ1) is 12.7. The molecule has 0 fully saturated rings. The molecule has 0 saturated heterocycles. The van der Waals surface area contributed by atoms with Gasteiger partial charge in [0.05, 0.1) is 29.3 Å². The molecule has 0 amide bonds. The molecule has 0 atom stereocenters. The zero-order valence-corrected chi connectivity index (χ0v) is 13.7. The number of fused-ring (bicyclic) bond motifs is 1. The molecule has 1 aromatic carbocycles. The van der Waals surface area contributed by atoms with Crippen LogP contribution < -0.4 is 4.74 Å². The van der Waals surface area contributed by atoms with E-state index < -0.39 is 5.97 Å². The Hall–Kier alpha value is -3.68. The van der Waals surface area contributed by atoms with Crippen LogP contribution in [0.2, 0.25) is 0 Å². The van der Waals surface area contributed by atoms with Gasteiger partial charge in [-0.05, 0) is 35.9 Å². The number of benzene rings is 1. The van der Waals surface area contributed by atoms with Gasteiger partial charge in [-0.2, -0.15) is 10.2 Å². The molecule has 3 aromatic heterocycles. The number of ether oxygens (including phenoxy) is 1. The summed E-state index contributed by atoms with van der Waals surface area (Å²) in [5.41, 5.74) is 3.38. The lowest BCUT2D eigenvalue weighted by atomic mass is 10.2. The molecule has 0 aliphatic carbocycles. The summed E-state index contributed by atoms with van der Waals surface area (Å²) in [4.78, 5) is 15.2. The van der Waals surface area contributed by atoms with Crippen molar-refractivity contribution in [1.29, 1.82) is 0 Å². The number of hydrogen-bond acceptors (Lipinski definition) is 5. The number of hydrogen-bond donors (Lipinski definition) is 2. The Morgan fingerprint density at radius 3 is 2.85 bits per heavy atom. The molecular weight excluding hydrogens is 334 g/mol. The van der Waals surface area contributed by atoms with Gasteiger partial charge >= 0.3 is 5.97 Å². The van der Waals surface area contributed by atoms with Crippen LogP contribution >= 0.6 is 0 Å². The lowest BCUT2D eigenvalue weighted by molar-refractivity contribution is -0.137. The fourth-order valence-corrected chi connectivity index (χ4v) is 2.67. The fourth-order valence-electron chi connectivity index (χ4n) is 2.67. The average molecular weight is 349 g/mol. The highest BCUT2D eigenvalue weighted by molar-refractivity contribution is 5.80. The quantitative estimate of drug-likeness (QED) is 0.554. The van der Waals surface area contributed by atoms with E-state index in [-0.39, 0.29) is 6.54 Å². The van der Waals surface area contributed by atoms with Crippen molar-refractivity contribution in [3.05, 3.63) is 60.6 Å². The molecule has 8 heteroatoms. The number of aromatic nitrogens is 5. The highest BCUT2D eigenvalue weighted by Gasteiger charge is 2.07. The number of aromatic amines is 1. The van der Waals surface area contributed by atoms with E-state index in [2.05, 4.69) is 20.3 Å². The minimum Gasteiger partial charge on any atom is -0.487 e. The van der Waals surface area contributed by atoms with Crippen molar-refractivity contribution < 1.29 is 14.6 Å².